The van der Waals surface area contributed by atoms with E-state index in [4.69, 9.17) is 4.52 Å². The molecular formula is C21H22N4O3. The van der Waals surface area contributed by atoms with Crippen LogP contribution < -0.4 is 0 Å². The zero-order valence-corrected chi connectivity index (χ0v) is 15.5. The van der Waals surface area contributed by atoms with E-state index in [1.165, 1.54) is 24.1 Å². The molecule has 1 saturated heterocycles. The molecule has 1 unspecified atom stereocenters. The second-order valence-corrected chi connectivity index (χ2v) is 7.13. The van der Waals surface area contributed by atoms with Crippen molar-refractivity contribution >= 4 is 5.69 Å². The molecular weight excluding hydrogens is 356 g/mol. The van der Waals surface area contributed by atoms with Crippen molar-refractivity contribution in [2.24, 2.45) is 0 Å². The lowest BCUT2D eigenvalue weighted by atomic mass is 9.95. The first-order valence-electron chi connectivity index (χ1n) is 9.54. The Kier molecular flexibility index (Phi) is 5.43. The van der Waals surface area contributed by atoms with E-state index in [-0.39, 0.29) is 5.69 Å². The van der Waals surface area contributed by atoms with Crippen molar-refractivity contribution in [3.05, 3.63) is 76.2 Å². The van der Waals surface area contributed by atoms with E-state index in [0.29, 0.717) is 29.9 Å². The molecule has 0 bridgehead atoms. The van der Waals surface area contributed by atoms with E-state index >= 15 is 0 Å². The molecule has 3 aromatic rings. The Morgan fingerprint density at radius 2 is 2.00 bits per heavy atom. The number of aromatic nitrogens is 2. The van der Waals surface area contributed by atoms with Gasteiger partial charge in [-0.1, -0.05) is 54.0 Å². The summed E-state index contributed by atoms with van der Waals surface area (Å²) in [6.45, 7) is 1.60. The lowest BCUT2D eigenvalue weighted by Gasteiger charge is -2.34. The second kappa shape index (κ2) is 8.31. The Hall–Kier alpha value is -3.06. The number of likely N-dealkylation sites (tertiary alicyclic amines) is 1. The Balaban J connectivity index is 1.47. The van der Waals surface area contributed by atoms with E-state index in [9.17, 15) is 10.1 Å². The van der Waals surface area contributed by atoms with Crippen molar-refractivity contribution < 1.29 is 9.45 Å². The van der Waals surface area contributed by atoms with Crippen molar-refractivity contribution in [1.29, 1.82) is 0 Å². The number of hydrogen-bond acceptors (Lipinski definition) is 6. The van der Waals surface area contributed by atoms with Crippen LogP contribution in [0.15, 0.2) is 59.1 Å². The highest BCUT2D eigenvalue weighted by Gasteiger charge is 2.25. The van der Waals surface area contributed by atoms with E-state index in [0.717, 1.165) is 25.8 Å². The van der Waals surface area contributed by atoms with E-state index in [1.807, 2.05) is 6.07 Å². The summed E-state index contributed by atoms with van der Waals surface area (Å²) in [5.41, 5.74) is 1.94. The van der Waals surface area contributed by atoms with Crippen LogP contribution in [0, 0.1) is 10.1 Å². The summed E-state index contributed by atoms with van der Waals surface area (Å²) in [5.74, 6) is 0.928. The molecule has 1 aromatic heterocycles. The Morgan fingerprint density at radius 3 is 2.82 bits per heavy atom. The lowest BCUT2D eigenvalue weighted by Crippen LogP contribution is -2.40. The van der Waals surface area contributed by atoms with Gasteiger partial charge in [0.25, 0.3) is 5.69 Å². The maximum absolute atomic E-state index is 11.0. The average Bonchev–Trinajstić information content (AvgIpc) is 3.19. The second-order valence-electron chi connectivity index (χ2n) is 7.13. The zero-order valence-electron chi connectivity index (χ0n) is 15.5. The number of nitrogens with zero attached hydrogens (tertiary/aromatic N) is 4. The zero-order chi connectivity index (χ0) is 19.3. The lowest BCUT2D eigenvalue weighted by molar-refractivity contribution is -0.384. The Labute approximate surface area is 163 Å². The predicted molar refractivity (Wildman–Crippen MR) is 105 cm³/mol. The first-order chi connectivity index (χ1) is 13.7. The normalized spacial score (nSPS) is 17.5. The summed E-state index contributed by atoms with van der Waals surface area (Å²) in [5, 5.41) is 15.0. The molecule has 0 saturated carbocycles. The van der Waals surface area contributed by atoms with Crippen LogP contribution in [0.5, 0.6) is 0 Å². The third-order valence-corrected chi connectivity index (χ3v) is 5.18. The average molecular weight is 378 g/mol. The number of benzene rings is 2. The van der Waals surface area contributed by atoms with Gasteiger partial charge in [-0.25, -0.2) is 0 Å². The van der Waals surface area contributed by atoms with Gasteiger partial charge in [-0.2, -0.15) is 4.98 Å². The van der Waals surface area contributed by atoms with Crippen LogP contribution in [-0.2, 0) is 13.0 Å². The third-order valence-electron chi connectivity index (χ3n) is 5.18. The molecule has 2 heterocycles. The molecule has 0 amide bonds. The van der Waals surface area contributed by atoms with Gasteiger partial charge in [0, 0.05) is 23.7 Å². The number of piperidine rings is 1. The summed E-state index contributed by atoms with van der Waals surface area (Å²) in [4.78, 5) is 17.4. The van der Waals surface area contributed by atoms with Crippen molar-refractivity contribution in [2.75, 3.05) is 6.54 Å². The fourth-order valence-electron chi connectivity index (χ4n) is 3.75. The molecule has 1 aliphatic rings. The van der Waals surface area contributed by atoms with Crippen molar-refractivity contribution in [2.45, 2.75) is 38.3 Å². The van der Waals surface area contributed by atoms with Gasteiger partial charge >= 0.3 is 0 Å². The molecule has 0 aliphatic carbocycles. The van der Waals surface area contributed by atoms with Gasteiger partial charge in [0.05, 0.1) is 11.5 Å². The topological polar surface area (TPSA) is 85.3 Å². The van der Waals surface area contributed by atoms with Crippen LogP contribution in [0.1, 0.15) is 30.7 Å². The van der Waals surface area contributed by atoms with Crippen LogP contribution in [0.25, 0.3) is 11.4 Å². The fraction of sp³-hybridized carbons (Fsp3) is 0.333. The fourth-order valence-corrected chi connectivity index (χ4v) is 3.75. The minimum absolute atomic E-state index is 0.0165. The monoisotopic (exact) mass is 378 g/mol. The molecule has 7 nitrogen and oxygen atoms in total. The smallest absolute Gasteiger partial charge is 0.270 e. The van der Waals surface area contributed by atoms with Crippen LogP contribution in [0.4, 0.5) is 5.69 Å². The quantitative estimate of drug-likeness (QED) is 0.471. The first kappa shape index (κ1) is 18.3. The highest BCUT2D eigenvalue weighted by molar-refractivity contribution is 5.58. The standard InChI is InChI=1S/C21H22N4O3/c26-25(27)19-11-6-9-17(14-19)21-22-20(28-23-21)15-24-12-5-4-10-18(24)13-16-7-2-1-3-8-16/h1-3,6-9,11,14,18H,4-5,10,12-13,15H2. The van der Waals surface area contributed by atoms with Crippen molar-refractivity contribution in [1.82, 2.24) is 15.0 Å². The summed E-state index contributed by atoms with van der Waals surface area (Å²) in [6, 6.07) is 17.3. The Bertz CT molecular complexity index is 942. The molecule has 2 aromatic carbocycles. The molecule has 0 radical (unpaired) electrons. The minimum atomic E-state index is -0.424. The van der Waals surface area contributed by atoms with Gasteiger partial charge in [0.1, 0.15) is 0 Å². The SMILES string of the molecule is O=[N+]([O-])c1cccc(-c2noc(CN3CCCCC3Cc3ccccc3)n2)c1. The van der Waals surface area contributed by atoms with Gasteiger partial charge in [-0.05, 0) is 31.4 Å². The van der Waals surface area contributed by atoms with Crippen LogP contribution in [-0.4, -0.2) is 32.6 Å². The van der Waals surface area contributed by atoms with E-state index in [2.05, 4.69) is 39.3 Å². The van der Waals surface area contributed by atoms with Gasteiger partial charge < -0.3 is 4.52 Å². The molecule has 28 heavy (non-hydrogen) atoms. The molecule has 1 aliphatic heterocycles. The summed E-state index contributed by atoms with van der Waals surface area (Å²) < 4.78 is 5.45. The largest absolute Gasteiger partial charge is 0.338 e. The van der Waals surface area contributed by atoms with Crippen LogP contribution in [0.3, 0.4) is 0 Å². The van der Waals surface area contributed by atoms with Crippen LogP contribution >= 0.6 is 0 Å². The van der Waals surface area contributed by atoms with Crippen molar-refractivity contribution in [3.8, 4) is 11.4 Å². The minimum Gasteiger partial charge on any atom is -0.338 e. The number of hydrogen-bond donors (Lipinski definition) is 0. The maximum atomic E-state index is 11.0. The number of nitro groups is 1. The van der Waals surface area contributed by atoms with Crippen LogP contribution in [0.2, 0.25) is 0 Å². The summed E-state index contributed by atoms with van der Waals surface area (Å²) in [7, 11) is 0. The van der Waals surface area contributed by atoms with E-state index < -0.39 is 4.92 Å². The molecule has 1 fully saturated rings. The van der Waals surface area contributed by atoms with Gasteiger partial charge in [0.15, 0.2) is 0 Å². The highest BCUT2D eigenvalue weighted by atomic mass is 16.6. The predicted octanol–water partition coefficient (Wildman–Crippen LogP) is 4.24. The molecule has 4 rings (SSSR count). The summed E-state index contributed by atoms with van der Waals surface area (Å²) in [6.07, 6.45) is 4.56. The maximum Gasteiger partial charge on any atom is 0.270 e. The van der Waals surface area contributed by atoms with Gasteiger partial charge in [-0.15, -0.1) is 0 Å². The highest BCUT2D eigenvalue weighted by Crippen LogP contribution is 2.25. The molecule has 0 N–H and O–H groups in total. The summed E-state index contributed by atoms with van der Waals surface area (Å²) >= 11 is 0. The molecule has 1 atom stereocenters. The number of rotatable bonds is 6. The first-order valence-corrected chi connectivity index (χ1v) is 9.54. The Morgan fingerprint density at radius 1 is 1.14 bits per heavy atom. The molecule has 7 heteroatoms. The van der Waals surface area contributed by atoms with E-state index in [1.54, 1.807) is 12.1 Å². The number of non-ortho nitro benzene ring substituents is 1. The molecule has 144 valence electrons. The van der Waals surface area contributed by atoms with Crippen molar-refractivity contribution in [3.63, 3.8) is 0 Å². The third kappa shape index (κ3) is 4.26. The number of nitro benzene ring substituents is 1. The van der Waals surface area contributed by atoms with Gasteiger partial charge in [-0.3, -0.25) is 15.0 Å². The van der Waals surface area contributed by atoms with Gasteiger partial charge in [0.2, 0.25) is 11.7 Å². The molecule has 0 spiro atoms.